The van der Waals surface area contributed by atoms with E-state index >= 15 is 0 Å². The number of aromatic nitrogens is 1. The summed E-state index contributed by atoms with van der Waals surface area (Å²) in [4.78, 5) is 21.5. The topological polar surface area (TPSA) is 123 Å². The Bertz CT molecular complexity index is 1240. The molecule has 1 atom stereocenters. The van der Waals surface area contributed by atoms with Gasteiger partial charge in [-0.05, 0) is 36.8 Å². The van der Waals surface area contributed by atoms with Gasteiger partial charge in [0, 0.05) is 58.3 Å². The van der Waals surface area contributed by atoms with E-state index in [-0.39, 0.29) is 17.9 Å². The highest BCUT2D eigenvalue weighted by Gasteiger charge is 2.19. The summed E-state index contributed by atoms with van der Waals surface area (Å²) in [6, 6.07) is 16.6. The Labute approximate surface area is 176 Å². The van der Waals surface area contributed by atoms with Crippen LogP contribution in [0, 0.1) is 27.2 Å². The molecule has 0 fully saturated rings. The molecule has 0 radical (unpaired) electrons. The van der Waals surface area contributed by atoms with Gasteiger partial charge in [-0.15, -0.1) is 0 Å². The van der Waals surface area contributed by atoms with Crippen LogP contribution in [-0.4, -0.2) is 32.2 Å². The number of nitrogens with one attached hydrogen (secondary N) is 1. The van der Waals surface area contributed by atoms with Gasteiger partial charge in [0.1, 0.15) is 0 Å². The molecule has 0 amide bonds. The van der Waals surface area contributed by atoms with Crippen LogP contribution in [0.1, 0.15) is 5.56 Å². The zero-order valence-electron chi connectivity index (χ0n) is 16.7. The highest BCUT2D eigenvalue weighted by molar-refractivity contribution is 6.09. The fourth-order valence-electron chi connectivity index (χ4n) is 3.77. The minimum atomic E-state index is -0.760. The first-order valence-corrected chi connectivity index (χ1v) is 9.67. The van der Waals surface area contributed by atoms with E-state index in [9.17, 15) is 25.3 Å². The zero-order chi connectivity index (χ0) is 22.1. The number of nitrogens with zero attached hydrogens (tertiary/aromatic N) is 3. The number of hydrogen-bond donors (Lipinski definition) is 2. The smallest absolute Gasteiger partial charge is 0.270 e. The second-order valence-electron chi connectivity index (χ2n) is 7.43. The molecule has 9 nitrogen and oxygen atoms in total. The van der Waals surface area contributed by atoms with Crippen molar-refractivity contribution in [2.75, 3.05) is 11.9 Å². The van der Waals surface area contributed by atoms with Crippen molar-refractivity contribution in [3.05, 3.63) is 86.5 Å². The molecule has 158 valence electrons. The average Bonchev–Trinajstić information content (AvgIpc) is 3.04. The number of rotatable bonds is 7. The first-order chi connectivity index (χ1) is 14.8. The van der Waals surface area contributed by atoms with E-state index in [1.54, 1.807) is 12.1 Å². The highest BCUT2D eigenvalue weighted by atomic mass is 16.6. The summed E-state index contributed by atoms with van der Waals surface area (Å²) in [5.41, 5.74) is 3.13. The van der Waals surface area contributed by atoms with Gasteiger partial charge in [-0.1, -0.05) is 12.1 Å². The van der Waals surface area contributed by atoms with Gasteiger partial charge in [0.15, 0.2) is 0 Å². The normalized spacial score (nSPS) is 12.2. The summed E-state index contributed by atoms with van der Waals surface area (Å²) < 4.78 is 1.83. The monoisotopic (exact) mass is 420 g/mol. The maximum Gasteiger partial charge on any atom is 0.270 e. The highest BCUT2D eigenvalue weighted by Crippen LogP contribution is 2.34. The molecule has 1 aromatic heterocycles. The van der Waals surface area contributed by atoms with Gasteiger partial charge >= 0.3 is 0 Å². The van der Waals surface area contributed by atoms with E-state index in [2.05, 4.69) is 5.32 Å². The maximum atomic E-state index is 11.2. The molecule has 0 spiro atoms. The molecule has 0 bridgehead atoms. The van der Waals surface area contributed by atoms with E-state index in [4.69, 9.17) is 0 Å². The largest absolute Gasteiger partial charge is 0.389 e. The second kappa shape index (κ2) is 8.04. The number of nitro groups is 2. The lowest BCUT2D eigenvalue weighted by atomic mass is 10.1. The number of anilines is 1. The first-order valence-electron chi connectivity index (χ1n) is 9.67. The summed E-state index contributed by atoms with van der Waals surface area (Å²) in [7, 11) is 0. The van der Waals surface area contributed by atoms with E-state index in [1.807, 2.05) is 35.8 Å². The molecule has 0 aliphatic carbocycles. The standard InChI is InChI=1S/C22H20N4O5/c1-14-3-2-4-15(9-14)23-12-18(27)13-24-21-7-5-16(25(28)29)10-19(21)20-11-17(26(30)31)6-8-22(20)24/h2-11,18,23,27H,12-13H2,1H3. The lowest BCUT2D eigenvalue weighted by Gasteiger charge is -2.16. The number of non-ortho nitro benzene ring substituents is 2. The third kappa shape index (κ3) is 4.03. The van der Waals surface area contributed by atoms with Gasteiger partial charge in [-0.2, -0.15) is 0 Å². The van der Waals surface area contributed by atoms with Gasteiger partial charge in [0.05, 0.1) is 22.5 Å². The Kier molecular flexibility index (Phi) is 5.26. The Morgan fingerprint density at radius 2 is 1.52 bits per heavy atom. The van der Waals surface area contributed by atoms with E-state index in [0.717, 1.165) is 11.3 Å². The van der Waals surface area contributed by atoms with Gasteiger partial charge in [-0.3, -0.25) is 20.2 Å². The fraction of sp³-hybridized carbons (Fsp3) is 0.182. The van der Waals surface area contributed by atoms with Crippen molar-refractivity contribution in [2.45, 2.75) is 19.6 Å². The van der Waals surface area contributed by atoms with Crippen LogP contribution in [0.3, 0.4) is 0 Å². The summed E-state index contributed by atoms with van der Waals surface area (Å²) >= 11 is 0. The molecular weight excluding hydrogens is 400 g/mol. The Hall–Kier alpha value is -3.98. The van der Waals surface area contributed by atoms with Gasteiger partial charge in [0.25, 0.3) is 11.4 Å². The summed E-state index contributed by atoms with van der Waals surface area (Å²) in [6.07, 6.45) is -0.760. The lowest BCUT2D eigenvalue weighted by molar-refractivity contribution is -0.385. The molecular formula is C22H20N4O5. The summed E-state index contributed by atoms with van der Waals surface area (Å²) in [6.45, 7) is 2.50. The van der Waals surface area contributed by atoms with E-state index in [0.29, 0.717) is 28.4 Å². The first kappa shape index (κ1) is 20.3. The molecule has 3 aromatic carbocycles. The minimum Gasteiger partial charge on any atom is -0.389 e. The molecule has 4 rings (SSSR count). The minimum absolute atomic E-state index is 0.0975. The molecule has 1 heterocycles. The quantitative estimate of drug-likeness (QED) is 0.337. The lowest BCUT2D eigenvalue weighted by Crippen LogP contribution is -2.24. The number of aryl methyl sites for hydroxylation is 1. The van der Waals surface area contributed by atoms with Crippen molar-refractivity contribution in [1.29, 1.82) is 0 Å². The van der Waals surface area contributed by atoms with Crippen molar-refractivity contribution in [3.8, 4) is 0 Å². The van der Waals surface area contributed by atoms with Crippen LogP contribution in [-0.2, 0) is 6.54 Å². The number of benzene rings is 3. The molecule has 0 saturated carbocycles. The van der Waals surface area contributed by atoms with Crippen molar-refractivity contribution < 1.29 is 15.0 Å². The molecule has 2 N–H and O–H groups in total. The third-order valence-corrected chi connectivity index (χ3v) is 5.21. The van der Waals surface area contributed by atoms with Crippen LogP contribution in [0.25, 0.3) is 21.8 Å². The van der Waals surface area contributed by atoms with Crippen molar-refractivity contribution in [3.63, 3.8) is 0 Å². The molecule has 0 aliphatic heterocycles. The SMILES string of the molecule is Cc1cccc(NCC(O)Cn2c3ccc([N+](=O)[O-])cc3c3cc([N+](=O)[O-])ccc32)c1. The zero-order valence-corrected chi connectivity index (χ0v) is 16.7. The van der Waals surface area contributed by atoms with E-state index < -0.39 is 16.0 Å². The van der Waals surface area contributed by atoms with Crippen LogP contribution in [0.15, 0.2) is 60.7 Å². The van der Waals surface area contributed by atoms with Gasteiger partial charge in [0.2, 0.25) is 0 Å². The van der Waals surface area contributed by atoms with Crippen LogP contribution in [0.5, 0.6) is 0 Å². The number of nitro benzene ring substituents is 2. The Morgan fingerprint density at radius 3 is 2.03 bits per heavy atom. The van der Waals surface area contributed by atoms with Gasteiger partial charge in [-0.25, -0.2) is 0 Å². The predicted molar refractivity (Wildman–Crippen MR) is 118 cm³/mol. The Balaban J connectivity index is 1.71. The van der Waals surface area contributed by atoms with Crippen LogP contribution >= 0.6 is 0 Å². The number of hydrogen-bond acceptors (Lipinski definition) is 6. The number of fused-ring (bicyclic) bond motifs is 3. The molecule has 9 heteroatoms. The van der Waals surface area contributed by atoms with Crippen LogP contribution in [0.4, 0.5) is 17.1 Å². The molecule has 4 aromatic rings. The van der Waals surface area contributed by atoms with Crippen LogP contribution in [0.2, 0.25) is 0 Å². The molecule has 1 unspecified atom stereocenters. The fourth-order valence-corrected chi connectivity index (χ4v) is 3.77. The Morgan fingerprint density at radius 1 is 0.935 bits per heavy atom. The second-order valence-corrected chi connectivity index (χ2v) is 7.43. The number of aliphatic hydroxyl groups is 1. The molecule has 0 saturated heterocycles. The maximum absolute atomic E-state index is 11.2. The third-order valence-electron chi connectivity index (χ3n) is 5.21. The van der Waals surface area contributed by atoms with Crippen LogP contribution < -0.4 is 5.32 Å². The molecule has 0 aliphatic rings. The van der Waals surface area contributed by atoms with E-state index in [1.165, 1.54) is 24.3 Å². The molecule has 31 heavy (non-hydrogen) atoms. The summed E-state index contributed by atoms with van der Waals surface area (Å²) in [5, 5.41) is 37.4. The van der Waals surface area contributed by atoms with Crippen molar-refractivity contribution in [1.82, 2.24) is 4.57 Å². The number of aliphatic hydroxyl groups excluding tert-OH is 1. The summed E-state index contributed by atoms with van der Waals surface area (Å²) in [5.74, 6) is 0. The predicted octanol–water partition coefficient (Wildman–Crippen LogP) is 4.39. The van der Waals surface area contributed by atoms with Crippen molar-refractivity contribution >= 4 is 38.9 Å². The van der Waals surface area contributed by atoms with Gasteiger partial charge < -0.3 is 15.0 Å². The van der Waals surface area contributed by atoms with Crippen molar-refractivity contribution in [2.24, 2.45) is 0 Å². The average molecular weight is 420 g/mol.